The summed E-state index contributed by atoms with van der Waals surface area (Å²) < 4.78 is 26.2. The number of nitrogens with one attached hydrogen (secondary N) is 1. The van der Waals surface area contributed by atoms with Crippen molar-refractivity contribution < 1.29 is 13.2 Å². The molecule has 0 bridgehead atoms. The number of nitrogens with zero attached hydrogens (tertiary/aromatic N) is 1. The molecule has 0 fully saturated rings. The lowest BCUT2D eigenvalue weighted by Gasteiger charge is -2.22. The first-order valence-corrected chi connectivity index (χ1v) is 10.3. The summed E-state index contributed by atoms with van der Waals surface area (Å²) in [6.45, 7) is 1.79. The minimum Gasteiger partial charge on any atom is -0.325 e. The molecule has 1 N–H and O–H groups in total. The van der Waals surface area contributed by atoms with E-state index in [-0.39, 0.29) is 12.5 Å². The SMILES string of the molecule is CCc1ccc(NC(=O)CN(c2ccc(I)cc2)S(C)(=O)=O)cc1. The van der Waals surface area contributed by atoms with Crippen molar-refractivity contribution >= 4 is 49.9 Å². The minimum absolute atomic E-state index is 0.269. The third-order valence-electron chi connectivity index (χ3n) is 3.45. The maximum absolute atomic E-state index is 12.2. The van der Waals surface area contributed by atoms with E-state index in [1.165, 1.54) is 5.56 Å². The first-order chi connectivity index (χ1) is 11.3. The van der Waals surface area contributed by atoms with Gasteiger partial charge >= 0.3 is 0 Å². The number of benzene rings is 2. The van der Waals surface area contributed by atoms with Gasteiger partial charge in [0.25, 0.3) is 0 Å². The van der Waals surface area contributed by atoms with E-state index in [2.05, 4.69) is 34.8 Å². The normalized spacial score (nSPS) is 11.1. The highest BCUT2D eigenvalue weighted by molar-refractivity contribution is 14.1. The van der Waals surface area contributed by atoms with Crippen LogP contribution >= 0.6 is 22.6 Å². The highest BCUT2D eigenvalue weighted by Gasteiger charge is 2.20. The fourth-order valence-corrected chi connectivity index (χ4v) is 3.38. The molecule has 7 heteroatoms. The third kappa shape index (κ3) is 5.20. The van der Waals surface area contributed by atoms with E-state index in [9.17, 15) is 13.2 Å². The largest absolute Gasteiger partial charge is 0.325 e. The highest BCUT2D eigenvalue weighted by Crippen LogP contribution is 2.19. The summed E-state index contributed by atoms with van der Waals surface area (Å²) in [4.78, 5) is 12.2. The van der Waals surface area contributed by atoms with Crippen LogP contribution in [0.5, 0.6) is 0 Å². The van der Waals surface area contributed by atoms with E-state index in [4.69, 9.17) is 0 Å². The summed E-state index contributed by atoms with van der Waals surface area (Å²) >= 11 is 2.14. The molecule has 2 aromatic rings. The lowest BCUT2D eigenvalue weighted by Crippen LogP contribution is -2.37. The van der Waals surface area contributed by atoms with Gasteiger partial charge in [-0.15, -0.1) is 0 Å². The number of carbonyl (C=O) groups excluding carboxylic acids is 1. The molecule has 0 radical (unpaired) electrons. The number of aryl methyl sites for hydroxylation is 1. The van der Waals surface area contributed by atoms with Gasteiger partial charge in [-0.3, -0.25) is 9.10 Å². The van der Waals surface area contributed by atoms with E-state index in [1.807, 2.05) is 24.3 Å². The summed E-state index contributed by atoms with van der Waals surface area (Å²) in [5.74, 6) is -0.386. The predicted molar refractivity (Wildman–Crippen MR) is 106 cm³/mol. The van der Waals surface area contributed by atoms with E-state index in [1.54, 1.807) is 24.3 Å². The molecule has 0 unspecified atom stereocenters. The fourth-order valence-electron chi connectivity index (χ4n) is 2.16. The van der Waals surface area contributed by atoms with Crippen molar-refractivity contribution in [2.45, 2.75) is 13.3 Å². The molecule has 0 saturated carbocycles. The summed E-state index contributed by atoms with van der Waals surface area (Å²) in [6, 6.07) is 14.5. The molecule has 5 nitrogen and oxygen atoms in total. The Bertz CT molecular complexity index is 803. The Labute approximate surface area is 156 Å². The number of carbonyl (C=O) groups is 1. The molecule has 0 aliphatic heterocycles. The maximum Gasteiger partial charge on any atom is 0.245 e. The molecule has 2 rings (SSSR count). The zero-order valence-electron chi connectivity index (χ0n) is 13.5. The smallest absolute Gasteiger partial charge is 0.245 e. The average Bonchev–Trinajstić information content (AvgIpc) is 2.53. The first-order valence-electron chi connectivity index (χ1n) is 7.41. The summed E-state index contributed by atoms with van der Waals surface area (Å²) in [5.41, 5.74) is 2.28. The fraction of sp³-hybridized carbons (Fsp3) is 0.235. The molecule has 128 valence electrons. The molecule has 0 aliphatic rings. The van der Waals surface area contributed by atoms with Crippen molar-refractivity contribution in [1.82, 2.24) is 0 Å². The van der Waals surface area contributed by atoms with Crippen LogP contribution in [0.4, 0.5) is 11.4 Å². The summed E-state index contributed by atoms with van der Waals surface area (Å²) in [6.07, 6.45) is 2.01. The summed E-state index contributed by atoms with van der Waals surface area (Å²) in [5, 5.41) is 2.73. The topological polar surface area (TPSA) is 66.5 Å². The molecule has 0 heterocycles. The van der Waals surface area contributed by atoms with Crippen molar-refractivity contribution in [3.8, 4) is 0 Å². The number of sulfonamides is 1. The van der Waals surface area contributed by atoms with E-state index >= 15 is 0 Å². The van der Waals surface area contributed by atoms with Crippen molar-refractivity contribution in [3.63, 3.8) is 0 Å². The highest BCUT2D eigenvalue weighted by atomic mass is 127. The molecule has 1 amide bonds. The van der Waals surface area contributed by atoms with Gasteiger partial charge in [-0.05, 0) is 71.0 Å². The van der Waals surface area contributed by atoms with Gasteiger partial charge in [-0.1, -0.05) is 19.1 Å². The van der Waals surface area contributed by atoms with Gasteiger partial charge in [0.1, 0.15) is 6.54 Å². The lowest BCUT2D eigenvalue weighted by atomic mass is 10.1. The van der Waals surface area contributed by atoms with Gasteiger partial charge in [0, 0.05) is 9.26 Å². The van der Waals surface area contributed by atoms with Crippen molar-refractivity contribution in [2.24, 2.45) is 0 Å². The van der Waals surface area contributed by atoms with Crippen LogP contribution in [0.3, 0.4) is 0 Å². The average molecular weight is 458 g/mol. The second-order valence-electron chi connectivity index (χ2n) is 5.34. The van der Waals surface area contributed by atoms with Crippen LogP contribution in [0.15, 0.2) is 48.5 Å². The molecule has 0 aromatic heterocycles. The molecular formula is C17H19IN2O3S. The number of amides is 1. The van der Waals surface area contributed by atoms with Crippen molar-refractivity contribution in [3.05, 3.63) is 57.7 Å². The van der Waals surface area contributed by atoms with Crippen LogP contribution in [-0.2, 0) is 21.2 Å². The standard InChI is InChI=1S/C17H19IN2O3S/c1-3-13-4-8-15(9-5-13)19-17(21)12-20(24(2,22)23)16-10-6-14(18)7-11-16/h4-11H,3,12H2,1-2H3,(H,19,21). The third-order valence-corrected chi connectivity index (χ3v) is 5.31. The summed E-state index contributed by atoms with van der Waals surface area (Å²) in [7, 11) is -3.56. The second-order valence-corrected chi connectivity index (χ2v) is 8.50. The van der Waals surface area contributed by atoms with Gasteiger partial charge in [0.2, 0.25) is 15.9 Å². The molecule has 24 heavy (non-hydrogen) atoms. The predicted octanol–water partition coefficient (Wildman–Crippen LogP) is 3.26. The Kier molecular flexibility index (Phi) is 6.22. The Morgan fingerprint density at radius 3 is 2.17 bits per heavy atom. The van der Waals surface area contributed by atoms with Gasteiger partial charge in [-0.25, -0.2) is 8.42 Å². The van der Waals surface area contributed by atoms with E-state index < -0.39 is 10.0 Å². The Balaban J connectivity index is 2.14. The number of anilines is 2. The van der Waals surface area contributed by atoms with Gasteiger partial charge in [-0.2, -0.15) is 0 Å². The van der Waals surface area contributed by atoms with Crippen LogP contribution < -0.4 is 9.62 Å². The molecule has 0 saturated heterocycles. The number of rotatable bonds is 6. The van der Waals surface area contributed by atoms with Crippen LogP contribution in [-0.4, -0.2) is 27.1 Å². The maximum atomic E-state index is 12.2. The molecule has 0 aliphatic carbocycles. The van der Waals surface area contributed by atoms with Crippen LogP contribution in [0.1, 0.15) is 12.5 Å². The molecule has 0 atom stereocenters. The van der Waals surface area contributed by atoms with Gasteiger partial charge in [0.15, 0.2) is 0 Å². The zero-order chi connectivity index (χ0) is 17.7. The zero-order valence-corrected chi connectivity index (χ0v) is 16.5. The van der Waals surface area contributed by atoms with E-state index in [0.29, 0.717) is 11.4 Å². The molecular weight excluding hydrogens is 439 g/mol. The Morgan fingerprint density at radius 1 is 1.08 bits per heavy atom. The number of hydrogen-bond acceptors (Lipinski definition) is 3. The van der Waals surface area contributed by atoms with Crippen molar-refractivity contribution in [2.75, 3.05) is 22.4 Å². The molecule has 0 spiro atoms. The van der Waals surface area contributed by atoms with Crippen molar-refractivity contribution in [1.29, 1.82) is 0 Å². The Hall–Kier alpha value is -1.61. The number of halogens is 1. The van der Waals surface area contributed by atoms with Crippen LogP contribution in [0.25, 0.3) is 0 Å². The molecule has 2 aromatic carbocycles. The quantitative estimate of drug-likeness (QED) is 0.676. The number of hydrogen-bond donors (Lipinski definition) is 1. The van der Waals surface area contributed by atoms with Gasteiger partial charge in [0.05, 0.1) is 11.9 Å². The lowest BCUT2D eigenvalue weighted by molar-refractivity contribution is -0.114. The van der Waals surface area contributed by atoms with Crippen LogP contribution in [0.2, 0.25) is 0 Å². The Morgan fingerprint density at radius 2 is 1.67 bits per heavy atom. The minimum atomic E-state index is -3.56. The second kappa shape index (κ2) is 7.98. The van der Waals surface area contributed by atoms with E-state index in [0.717, 1.165) is 20.6 Å². The monoisotopic (exact) mass is 458 g/mol. The van der Waals surface area contributed by atoms with Crippen LogP contribution in [0, 0.1) is 3.57 Å². The first kappa shape index (κ1) is 18.7. The van der Waals surface area contributed by atoms with Gasteiger partial charge < -0.3 is 5.32 Å².